The lowest BCUT2D eigenvalue weighted by molar-refractivity contribution is -0.143. The van der Waals surface area contributed by atoms with Gasteiger partial charge in [-0.25, -0.2) is 0 Å². The first-order chi connectivity index (χ1) is 17.0. The second-order valence-corrected chi connectivity index (χ2v) is 10.2. The summed E-state index contributed by atoms with van der Waals surface area (Å²) < 4.78 is 12.3. The summed E-state index contributed by atoms with van der Waals surface area (Å²) in [6, 6.07) is 8.59. The van der Waals surface area contributed by atoms with E-state index in [1.807, 2.05) is 24.3 Å². The van der Waals surface area contributed by atoms with Crippen molar-refractivity contribution in [1.29, 1.82) is 0 Å². The number of rotatable bonds is 9. The second kappa shape index (κ2) is 12.0. The molecule has 35 heavy (non-hydrogen) atoms. The molecule has 9 heteroatoms. The first-order valence-corrected chi connectivity index (χ1v) is 13.1. The van der Waals surface area contributed by atoms with Crippen LogP contribution in [0.15, 0.2) is 58.9 Å². The Hall–Kier alpha value is -2.37. The van der Waals surface area contributed by atoms with Gasteiger partial charge in [0, 0.05) is 36.6 Å². The minimum Gasteiger partial charge on any atom is -0.482 e. The zero-order chi connectivity index (χ0) is 24.8. The molecule has 0 aliphatic heterocycles. The van der Waals surface area contributed by atoms with E-state index < -0.39 is 18.2 Å². The van der Waals surface area contributed by atoms with Crippen molar-refractivity contribution in [2.75, 3.05) is 13.2 Å². The number of para-hydroxylation sites is 1. The van der Waals surface area contributed by atoms with Gasteiger partial charge in [-0.05, 0) is 59.7 Å². The van der Waals surface area contributed by atoms with Gasteiger partial charge in [-0.15, -0.1) is 0 Å². The first kappa shape index (κ1) is 25.7. The fourth-order valence-electron chi connectivity index (χ4n) is 4.81. The largest absolute Gasteiger partial charge is 0.482 e. The smallest absolute Gasteiger partial charge is 0.247 e. The van der Waals surface area contributed by atoms with Crippen LogP contribution in [0.1, 0.15) is 37.7 Å². The maximum Gasteiger partial charge on any atom is 0.247 e. The Bertz CT molecular complexity index is 1030. The molecule has 4 rings (SSSR count). The molecule has 3 unspecified atom stereocenters. The molecule has 1 fully saturated rings. The quantitative estimate of drug-likeness (QED) is 0.385. The van der Waals surface area contributed by atoms with Crippen LogP contribution in [0.25, 0.3) is 0 Å². The van der Waals surface area contributed by atoms with Gasteiger partial charge < -0.3 is 29.6 Å². The molecule has 8 nitrogen and oxygen atoms in total. The molecule has 1 saturated carbocycles. The van der Waals surface area contributed by atoms with Gasteiger partial charge in [0.15, 0.2) is 0 Å². The maximum atomic E-state index is 13.7. The number of nitrogens with zero attached hydrogens (tertiary/aromatic N) is 1. The molecule has 0 spiro atoms. The summed E-state index contributed by atoms with van der Waals surface area (Å²) in [4.78, 5) is 28.3. The number of nitrogens with one attached hydrogen (secondary N) is 1. The third kappa shape index (κ3) is 6.25. The summed E-state index contributed by atoms with van der Waals surface area (Å²) in [6.07, 6.45) is 6.76. The summed E-state index contributed by atoms with van der Waals surface area (Å²) in [5, 5.41) is 23.3. The fourth-order valence-corrected chi connectivity index (χ4v) is 5.33. The van der Waals surface area contributed by atoms with E-state index in [9.17, 15) is 14.7 Å². The standard InChI is InChI=1S/C26H31IN2O6/c27-20-7-3-4-8-22(20)35-23-14-19(25(32)28-10-11-30)13-21(24(23)31)29(15-17-9-12-34-16-17)26(33)18-5-1-2-6-18/h3-4,7-9,12,14,16,18,21,23-24,30-31H,1-2,5-6,10-11,13,15H2,(H,28,32). The number of halogens is 1. The van der Waals surface area contributed by atoms with Crippen LogP contribution < -0.4 is 10.1 Å². The van der Waals surface area contributed by atoms with Crippen molar-refractivity contribution in [3.05, 3.63) is 63.6 Å². The van der Waals surface area contributed by atoms with Gasteiger partial charge in [-0.1, -0.05) is 25.0 Å². The van der Waals surface area contributed by atoms with E-state index in [0.717, 1.165) is 34.8 Å². The molecule has 2 aromatic rings. The average Bonchev–Trinajstić information content (AvgIpc) is 3.58. The predicted octanol–water partition coefficient (Wildman–Crippen LogP) is 3.02. The maximum absolute atomic E-state index is 13.7. The Kier molecular flexibility index (Phi) is 8.85. The molecule has 0 radical (unpaired) electrons. The van der Waals surface area contributed by atoms with Gasteiger partial charge >= 0.3 is 0 Å². The van der Waals surface area contributed by atoms with Crippen molar-refractivity contribution in [2.24, 2.45) is 5.92 Å². The molecule has 1 heterocycles. The highest BCUT2D eigenvalue weighted by Gasteiger charge is 2.42. The lowest BCUT2D eigenvalue weighted by Gasteiger charge is -2.41. The summed E-state index contributed by atoms with van der Waals surface area (Å²) >= 11 is 2.16. The van der Waals surface area contributed by atoms with Crippen LogP contribution in [0.3, 0.4) is 0 Å². The van der Waals surface area contributed by atoms with E-state index in [1.165, 1.54) is 0 Å². The van der Waals surface area contributed by atoms with Crippen LogP contribution in [-0.4, -0.2) is 58.3 Å². The number of hydrogen-bond donors (Lipinski definition) is 3. The van der Waals surface area contributed by atoms with E-state index >= 15 is 0 Å². The molecule has 3 N–H and O–H groups in total. The Balaban J connectivity index is 1.66. The van der Waals surface area contributed by atoms with E-state index in [-0.39, 0.29) is 43.8 Å². The third-order valence-electron chi connectivity index (χ3n) is 6.63. The Morgan fingerprint density at radius 2 is 1.97 bits per heavy atom. The molecular weight excluding hydrogens is 563 g/mol. The molecule has 0 saturated heterocycles. The molecule has 188 valence electrons. The van der Waals surface area contributed by atoms with Gasteiger partial charge in [0.1, 0.15) is 18.0 Å². The van der Waals surface area contributed by atoms with Crippen molar-refractivity contribution in [3.8, 4) is 5.75 Å². The lowest BCUT2D eigenvalue weighted by atomic mass is 9.87. The van der Waals surface area contributed by atoms with E-state index in [0.29, 0.717) is 11.3 Å². The lowest BCUT2D eigenvalue weighted by Crippen LogP contribution is -2.55. The number of aliphatic hydroxyl groups excluding tert-OH is 2. The molecule has 1 aromatic heterocycles. The van der Waals surface area contributed by atoms with E-state index in [1.54, 1.807) is 29.6 Å². The monoisotopic (exact) mass is 594 g/mol. The molecule has 2 aliphatic rings. The predicted molar refractivity (Wildman–Crippen MR) is 137 cm³/mol. The van der Waals surface area contributed by atoms with E-state index in [2.05, 4.69) is 27.9 Å². The topological polar surface area (TPSA) is 112 Å². The van der Waals surface area contributed by atoms with Crippen molar-refractivity contribution in [1.82, 2.24) is 10.2 Å². The zero-order valence-electron chi connectivity index (χ0n) is 19.4. The summed E-state index contributed by atoms with van der Waals surface area (Å²) in [7, 11) is 0. The number of carbonyl (C=O) groups is 2. The van der Waals surface area contributed by atoms with Crippen molar-refractivity contribution >= 4 is 34.4 Å². The molecular formula is C26H31IN2O6. The Morgan fingerprint density at radius 3 is 2.66 bits per heavy atom. The van der Waals surface area contributed by atoms with Crippen molar-refractivity contribution < 1.29 is 29.0 Å². The number of ether oxygens (including phenoxy) is 1. The van der Waals surface area contributed by atoms with Crippen LogP contribution in [-0.2, 0) is 16.1 Å². The number of carbonyl (C=O) groups excluding carboxylic acids is 2. The summed E-state index contributed by atoms with van der Waals surface area (Å²) in [5.74, 6) is 0.135. The van der Waals surface area contributed by atoms with Gasteiger partial charge in [0.25, 0.3) is 0 Å². The third-order valence-corrected chi connectivity index (χ3v) is 7.53. The minimum atomic E-state index is -1.04. The van der Waals surface area contributed by atoms with Crippen LogP contribution in [0.5, 0.6) is 5.75 Å². The molecule has 0 bridgehead atoms. The van der Waals surface area contributed by atoms with Gasteiger partial charge in [0.05, 0.1) is 28.7 Å². The number of furan rings is 1. The molecule has 2 amide bonds. The number of benzene rings is 1. The Morgan fingerprint density at radius 1 is 1.20 bits per heavy atom. The normalized spacial score (nSPS) is 22.5. The fraction of sp³-hybridized carbons (Fsp3) is 0.462. The van der Waals surface area contributed by atoms with Gasteiger partial charge in [-0.3, -0.25) is 9.59 Å². The number of aliphatic hydroxyl groups is 2. The SMILES string of the molecule is O=C(NCCO)C1=CC(Oc2ccccc2I)C(O)C(N(Cc2ccoc2)C(=O)C2CCCC2)C1. The number of amides is 2. The second-order valence-electron chi connectivity index (χ2n) is 9.03. The van der Waals surface area contributed by atoms with Crippen LogP contribution in [0.4, 0.5) is 0 Å². The first-order valence-electron chi connectivity index (χ1n) is 12.0. The van der Waals surface area contributed by atoms with E-state index in [4.69, 9.17) is 14.3 Å². The highest BCUT2D eigenvalue weighted by Crippen LogP contribution is 2.33. The molecule has 3 atom stereocenters. The average molecular weight is 594 g/mol. The van der Waals surface area contributed by atoms with Crippen LogP contribution in [0, 0.1) is 9.49 Å². The van der Waals surface area contributed by atoms with Gasteiger partial charge in [0.2, 0.25) is 11.8 Å². The highest BCUT2D eigenvalue weighted by molar-refractivity contribution is 14.1. The van der Waals surface area contributed by atoms with Crippen LogP contribution >= 0.6 is 22.6 Å². The Labute approximate surface area is 218 Å². The van der Waals surface area contributed by atoms with Crippen molar-refractivity contribution in [2.45, 2.75) is 56.9 Å². The summed E-state index contributed by atoms with van der Waals surface area (Å²) in [6.45, 7) is 0.208. The van der Waals surface area contributed by atoms with Crippen LogP contribution in [0.2, 0.25) is 0 Å². The summed E-state index contributed by atoms with van der Waals surface area (Å²) in [5.41, 5.74) is 1.24. The zero-order valence-corrected chi connectivity index (χ0v) is 21.6. The molecule has 2 aliphatic carbocycles. The minimum absolute atomic E-state index is 0.0159. The van der Waals surface area contributed by atoms with Gasteiger partial charge in [-0.2, -0.15) is 0 Å². The number of hydrogen-bond acceptors (Lipinski definition) is 6. The highest BCUT2D eigenvalue weighted by atomic mass is 127. The molecule has 1 aromatic carbocycles. The van der Waals surface area contributed by atoms with Crippen molar-refractivity contribution in [3.63, 3.8) is 0 Å².